The van der Waals surface area contributed by atoms with E-state index in [-0.39, 0.29) is 29.8 Å². The van der Waals surface area contributed by atoms with E-state index in [9.17, 15) is 14.4 Å². The van der Waals surface area contributed by atoms with Crippen LogP contribution in [0.5, 0.6) is 0 Å². The maximum Gasteiger partial charge on any atom is 0.220 e. The van der Waals surface area contributed by atoms with Crippen LogP contribution in [0, 0.1) is 0 Å². The average Bonchev–Trinajstić information content (AvgIpc) is 3.23. The molecular weight excluding hydrogens is 418 g/mol. The van der Waals surface area contributed by atoms with Crippen molar-refractivity contribution >= 4 is 28.6 Å². The molecule has 1 aromatic carbocycles. The first-order valence-corrected chi connectivity index (χ1v) is 12.0. The molecule has 0 aliphatic carbocycles. The predicted octanol–water partition coefficient (Wildman–Crippen LogP) is 2.53. The van der Waals surface area contributed by atoms with Gasteiger partial charge in [-0.3, -0.25) is 14.4 Å². The van der Waals surface area contributed by atoms with Gasteiger partial charge in [0.1, 0.15) is 0 Å². The Morgan fingerprint density at radius 2 is 1.64 bits per heavy atom. The fraction of sp³-hybridized carbons (Fsp3) is 0.560. The van der Waals surface area contributed by atoms with E-state index in [1.807, 2.05) is 31.3 Å². The van der Waals surface area contributed by atoms with Gasteiger partial charge in [-0.05, 0) is 50.3 Å². The second-order valence-corrected chi connectivity index (χ2v) is 8.48. The van der Waals surface area contributed by atoms with Crippen LogP contribution in [-0.2, 0) is 20.8 Å². The zero-order chi connectivity index (χ0) is 24.1. The summed E-state index contributed by atoms with van der Waals surface area (Å²) >= 11 is 0. The summed E-state index contributed by atoms with van der Waals surface area (Å²) in [5, 5.41) is 9.91. The number of aromatic nitrogens is 1. The lowest BCUT2D eigenvalue weighted by Crippen LogP contribution is -2.39. The normalized spacial score (nSPS) is 12.8. The number of unbranched alkanes of at least 4 members (excludes halogenated alkanes) is 1. The first-order valence-electron chi connectivity index (χ1n) is 12.0. The van der Waals surface area contributed by atoms with E-state index in [0.29, 0.717) is 45.1 Å². The van der Waals surface area contributed by atoms with Crippen LogP contribution in [0.15, 0.2) is 30.5 Å². The van der Waals surface area contributed by atoms with Crippen molar-refractivity contribution in [3.05, 3.63) is 36.0 Å². The molecule has 3 amide bonds. The SMILES string of the molecule is CCC(=O)N[C@@H](CCCCN)CCC(=O)N[C@H](CCC(=O)NC)Cc1c[nH]c2ccccc12. The third kappa shape index (κ3) is 9.26. The van der Waals surface area contributed by atoms with Crippen LogP contribution in [0.4, 0.5) is 0 Å². The third-order valence-corrected chi connectivity index (χ3v) is 5.92. The fourth-order valence-corrected chi connectivity index (χ4v) is 3.98. The number of para-hydroxylation sites is 1. The topological polar surface area (TPSA) is 129 Å². The molecule has 2 aromatic rings. The zero-order valence-electron chi connectivity index (χ0n) is 19.9. The van der Waals surface area contributed by atoms with Gasteiger partial charge in [0, 0.05) is 55.5 Å². The van der Waals surface area contributed by atoms with Gasteiger partial charge in [-0.1, -0.05) is 31.5 Å². The lowest BCUT2D eigenvalue weighted by Gasteiger charge is -2.21. The standard InChI is InChI=1S/C25H39N5O3/c1-3-23(31)29-19(8-6-7-15-26)11-14-25(33)30-20(12-13-24(32)27-2)16-18-17-28-22-10-5-4-9-21(18)22/h4-5,9-10,17,19-20,28H,3,6-8,11-16,26H2,1-2H3,(H,27,32)(H,29,31)(H,30,33)/t19-,20+/m0/s1. The third-order valence-electron chi connectivity index (χ3n) is 5.92. The van der Waals surface area contributed by atoms with E-state index in [1.165, 1.54) is 0 Å². The van der Waals surface area contributed by atoms with Crippen LogP contribution in [0.3, 0.4) is 0 Å². The first-order chi connectivity index (χ1) is 16.0. The molecule has 0 aliphatic heterocycles. The van der Waals surface area contributed by atoms with Crippen LogP contribution in [0.2, 0.25) is 0 Å². The Kier molecular flexibility index (Phi) is 11.4. The molecule has 0 saturated heterocycles. The number of hydrogen-bond acceptors (Lipinski definition) is 4. The minimum absolute atomic E-state index is 0.00375. The Labute approximate surface area is 196 Å². The van der Waals surface area contributed by atoms with Gasteiger partial charge in [0.2, 0.25) is 17.7 Å². The molecule has 8 nitrogen and oxygen atoms in total. The van der Waals surface area contributed by atoms with Crippen molar-refractivity contribution in [3.63, 3.8) is 0 Å². The minimum Gasteiger partial charge on any atom is -0.361 e. The van der Waals surface area contributed by atoms with Gasteiger partial charge in [0.25, 0.3) is 0 Å². The van der Waals surface area contributed by atoms with Gasteiger partial charge in [-0.25, -0.2) is 0 Å². The van der Waals surface area contributed by atoms with Gasteiger partial charge in [-0.2, -0.15) is 0 Å². The van der Waals surface area contributed by atoms with Crippen molar-refractivity contribution < 1.29 is 14.4 Å². The summed E-state index contributed by atoms with van der Waals surface area (Å²) in [4.78, 5) is 39.7. The van der Waals surface area contributed by atoms with Crippen molar-refractivity contribution in [1.29, 1.82) is 0 Å². The van der Waals surface area contributed by atoms with Crippen molar-refractivity contribution in [2.75, 3.05) is 13.6 Å². The van der Waals surface area contributed by atoms with E-state index in [4.69, 9.17) is 5.73 Å². The maximum absolute atomic E-state index is 12.8. The highest BCUT2D eigenvalue weighted by atomic mass is 16.2. The quantitative estimate of drug-likeness (QED) is 0.263. The van der Waals surface area contributed by atoms with E-state index in [0.717, 1.165) is 35.7 Å². The number of benzene rings is 1. The molecule has 2 rings (SSSR count). The molecule has 2 atom stereocenters. The van der Waals surface area contributed by atoms with Crippen molar-refractivity contribution in [2.45, 2.75) is 76.8 Å². The van der Waals surface area contributed by atoms with Crippen LogP contribution < -0.4 is 21.7 Å². The summed E-state index contributed by atoms with van der Waals surface area (Å²) in [7, 11) is 1.62. The number of aromatic amines is 1. The van der Waals surface area contributed by atoms with Crippen LogP contribution >= 0.6 is 0 Å². The van der Waals surface area contributed by atoms with Crippen molar-refractivity contribution in [2.24, 2.45) is 5.73 Å². The van der Waals surface area contributed by atoms with Gasteiger partial charge < -0.3 is 26.7 Å². The zero-order valence-corrected chi connectivity index (χ0v) is 19.9. The van der Waals surface area contributed by atoms with Gasteiger partial charge >= 0.3 is 0 Å². The second kappa shape index (κ2) is 14.3. The summed E-state index contributed by atoms with van der Waals surface area (Å²) in [6, 6.07) is 7.86. The second-order valence-electron chi connectivity index (χ2n) is 8.48. The summed E-state index contributed by atoms with van der Waals surface area (Å²) in [6.07, 6.45) is 7.46. The summed E-state index contributed by atoms with van der Waals surface area (Å²) in [5.41, 5.74) is 7.75. The molecule has 0 aliphatic rings. The van der Waals surface area contributed by atoms with Crippen LogP contribution in [0.25, 0.3) is 10.9 Å². The number of rotatable bonds is 15. The van der Waals surface area contributed by atoms with Crippen LogP contribution in [-0.4, -0.2) is 48.4 Å². The molecule has 0 spiro atoms. The number of carbonyl (C=O) groups is 3. The van der Waals surface area contributed by atoms with E-state index < -0.39 is 0 Å². The average molecular weight is 458 g/mol. The Bertz CT molecular complexity index is 895. The van der Waals surface area contributed by atoms with Gasteiger partial charge in [0.15, 0.2) is 0 Å². The van der Waals surface area contributed by atoms with Crippen molar-refractivity contribution in [1.82, 2.24) is 20.9 Å². The number of amides is 3. The molecule has 182 valence electrons. The largest absolute Gasteiger partial charge is 0.361 e. The fourth-order valence-electron chi connectivity index (χ4n) is 3.98. The van der Waals surface area contributed by atoms with Crippen LogP contribution in [0.1, 0.15) is 63.9 Å². The monoisotopic (exact) mass is 457 g/mol. The molecule has 0 saturated carbocycles. The molecular formula is C25H39N5O3. The number of nitrogens with one attached hydrogen (secondary N) is 4. The van der Waals surface area contributed by atoms with E-state index in [2.05, 4.69) is 27.0 Å². The van der Waals surface area contributed by atoms with Crippen molar-refractivity contribution in [3.8, 4) is 0 Å². The Morgan fingerprint density at radius 3 is 2.36 bits per heavy atom. The number of carbonyl (C=O) groups excluding carboxylic acids is 3. The minimum atomic E-state index is -0.157. The summed E-state index contributed by atoms with van der Waals surface area (Å²) in [6.45, 7) is 2.44. The van der Waals surface area contributed by atoms with Gasteiger partial charge in [-0.15, -0.1) is 0 Å². The highest BCUT2D eigenvalue weighted by Gasteiger charge is 2.18. The smallest absolute Gasteiger partial charge is 0.220 e. The van der Waals surface area contributed by atoms with Gasteiger partial charge in [0.05, 0.1) is 0 Å². The Hall–Kier alpha value is -2.87. The predicted molar refractivity (Wildman–Crippen MR) is 132 cm³/mol. The Balaban J connectivity index is 1.98. The van der Waals surface area contributed by atoms with E-state index >= 15 is 0 Å². The molecule has 0 unspecified atom stereocenters. The number of fused-ring (bicyclic) bond motifs is 1. The lowest BCUT2D eigenvalue weighted by atomic mass is 10.00. The molecule has 0 radical (unpaired) electrons. The highest BCUT2D eigenvalue weighted by Crippen LogP contribution is 2.20. The molecule has 0 fully saturated rings. The number of H-pyrrole nitrogens is 1. The Morgan fingerprint density at radius 1 is 0.939 bits per heavy atom. The lowest BCUT2D eigenvalue weighted by molar-refractivity contribution is -0.124. The summed E-state index contributed by atoms with van der Waals surface area (Å²) < 4.78 is 0. The molecule has 1 aromatic heterocycles. The molecule has 6 N–H and O–H groups in total. The molecule has 8 heteroatoms. The molecule has 33 heavy (non-hydrogen) atoms. The maximum atomic E-state index is 12.8. The number of hydrogen-bond donors (Lipinski definition) is 5. The molecule has 1 heterocycles. The molecule has 0 bridgehead atoms. The number of nitrogens with two attached hydrogens (primary N) is 1. The van der Waals surface area contributed by atoms with E-state index in [1.54, 1.807) is 7.05 Å². The highest BCUT2D eigenvalue weighted by molar-refractivity contribution is 5.83. The first kappa shape index (κ1) is 26.4. The summed E-state index contributed by atoms with van der Waals surface area (Å²) in [5.74, 6) is -0.113.